The highest BCUT2D eigenvalue weighted by Gasteiger charge is 2.21. The summed E-state index contributed by atoms with van der Waals surface area (Å²) in [5, 5.41) is 18.1. The Labute approximate surface area is 117 Å². The number of esters is 2. The Morgan fingerprint density at radius 1 is 1.11 bits per heavy atom. The Morgan fingerprint density at radius 2 is 1.63 bits per heavy atom. The third-order valence-electron chi connectivity index (χ3n) is 1.92. The summed E-state index contributed by atoms with van der Waals surface area (Å²) in [6, 6.07) is 4.79. The van der Waals surface area contributed by atoms with Crippen molar-refractivity contribution in [2.75, 3.05) is 0 Å². The molecule has 1 aromatic rings. The lowest BCUT2D eigenvalue weighted by Crippen LogP contribution is -2.08. The summed E-state index contributed by atoms with van der Waals surface area (Å²) >= 11 is 3.09. The molecule has 6 nitrogen and oxygen atoms in total. The van der Waals surface area contributed by atoms with Crippen LogP contribution in [0, 0.1) is 22.7 Å². The number of halogens is 1. The molecule has 1 rings (SSSR count). The van der Waals surface area contributed by atoms with Crippen LogP contribution >= 0.6 is 15.9 Å². The molecule has 0 bridgehead atoms. The van der Waals surface area contributed by atoms with Crippen molar-refractivity contribution >= 4 is 27.9 Å². The van der Waals surface area contributed by atoms with Crippen molar-refractivity contribution in [3.63, 3.8) is 0 Å². The van der Waals surface area contributed by atoms with Crippen LogP contribution in [0.1, 0.15) is 25.0 Å². The van der Waals surface area contributed by atoms with Crippen LogP contribution in [0.4, 0.5) is 0 Å². The Hall–Kier alpha value is -2.38. The van der Waals surface area contributed by atoms with Gasteiger partial charge in [0.2, 0.25) is 0 Å². The van der Waals surface area contributed by atoms with Gasteiger partial charge in [-0.3, -0.25) is 9.59 Å². The maximum absolute atomic E-state index is 11.0. The standard InChI is InChI=1S/C12H7BrN2O4/c1-6(16)18-11-3-10(13)12(19-7(2)17)9(5-15)8(11)4-14/h3H,1-2H3. The topological polar surface area (TPSA) is 100 Å². The third-order valence-corrected chi connectivity index (χ3v) is 2.51. The zero-order valence-corrected chi connectivity index (χ0v) is 11.6. The van der Waals surface area contributed by atoms with Gasteiger partial charge in [0.1, 0.15) is 23.3 Å². The molecule has 0 unspecified atom stereocenters. The first-order valence-electron chi connectivity index (χ1n) is 4.94. The van der Waals surface area contributed by atoms with Gasteiger partial charge in [0.15, 0.2) is 11.5 Å². The van der Waals surface area contributed by atoms with Crippen LogP contribution in [0.5, 0.6) is 11.5 Å². The minimum Gasteiger partial charge on any atom is -0.425 e. The van der Waals surface area contributed by atoms with E-state index in [9.17, 15) is 9.59 Å². The number of carbonyl (C=O) groups is 2. The molecule has 0 N–H and O–H groups in total. The lowest BCUT2D eigenvalue weighted by molar-refractivity contribution is -0.133. The van der Waals surface area contributed by atoms with E-state index in [1.165, 1.54) is 19.9 Å². The van der Waals surface area contributed by atoms with Crippen molar-refractivity contribution in [2.45, 2.75) is 13.8 Å². The maximum atomic E-state index is 11.0. The molecule has 19 heavy (non-hydrogen) atoms. The zero-order valence-electron chi connectivity index (χ0n) is 9.98. The largest absolute Gasteiger partial charge is 0.425 e. The number of nitriles is 2. The molecule has 0 aromatic heterocycles. The van der Waals surface area contributed by atoms with Gasteiger partial charge in [-0.1, -0.05) is 0 Å². The molecule has 0 saturated heterocycles. The molecular weight excluding hydrogens is 316 g/mol. The molecule has 96 valence electrons. The summed E-state index contributed by atoms with van der Waals surface area (Å²) in [5.41, 5.74) is -0.347. The van der Waals surface area contributed by atoms with Gasteiger partial charge < -0.3 is 9.47 Å². The monoisotopic (exact) mass is 322 g/mol. The third kappa shape index (κ3) is 3.30. The fraction of sp³-hybridized carbons (Fsp3) is 0.167. The predicted octanol–water partition coefficient (Wildman–Crippen LogP) is 2.04. The number of carbonyl (C=O) groups excluding carboxylic acids is 2. The molecule has 0 atom stereocenters. The average molecular weight is 323 g/mol. The number of benzene rings is 1. The molecule has 0 amide bonds. The van der Waals surface area contributed by atoms with E-state index in [1.807, 2.05) is 0 Å². The minimum atomic E-state index is -0.638. The lowest BCUT2D eigenvalue weighted by Gasteiger charge is -2.11. The smallest absolute Gasteiger partial charge is 0.308 e. The van der Waals surface area contributed by atoms with Crippen LogP contribution in [0.15, 0.2) is 10.5 Å². The zero-order chi connectivity index (χ0) is 14.6. The van der Waals surface area contributed by atoms with E-state index in [-0.39, 0.29) is 27.1 Å². The van der Waals surface area contributed by atoms with Gasteiger partial charge in [-0.25, -0.2) is 0 Å². The molecule has 1 aromatic carbocycles. The van der Waals surface area contributed by atoms with Gasteiger partial charge in [0.25, 0.3) is 0 Å². The minimum absolute atomic E-state index is 0.0747. The van der Waals surface area contributed by atoms with Crippen LogP contribution in [-0.4, -0.2) is 11.9 Å². The molecule has 0 aliphatic carbocycles. The van der Waals surface area contributed by atoms with E-state index in [0.29, 0.717) is 0 Å². The summed E-state index contributed by atoms with van der Waals surface area (Å²) in [5.74, 6) is -1.43. The number of rotatable bonds is 2. The fourth-order valence-corrected chi connectivity index (χ4v) is 1.79. The van der Waals surface area contributed by atoms with Crippen molar-refractivity contribution in [3.8, 4) is 23.6 Å². The Bertz CT molecular complexity index is 641. The maximum Gasteiger partial charge on any atom is 0.308 e. The molecule has 0 aliphatic heterocycles. The quantitative estimate of drug-likeness (QED) is 0.610. The Morgan fingerprint density at radius 3 is 2.05 bits per heavy atom. The molecule has 0 aliphatic rings. The second-order valence-electron chi connectivity index (χ2n) is 3.35. The molecule has 0 saturated carbocycles. The van der Waals surface area contributed by atoms with Crippen molar-refractivity contribution in [2.24, 2.45) is 0 Å². The first kappa shape index (κ1) is 14.7. The van der Waals surface area contributed by atoms with Gasteiger partial charge in [-0.15, -0.1) is 0 Å². The van der Waals surface area contributed by atoms with E-state index in [2.05, 4.69) is 15.9 Å². The van der Waals surface area contributed by atoms with Crippen molar-refractivity contribution in [1.29, 1.82) is 10.5 Å². The number of nitrogens with zero attached hydrogens (tertiary/aromatic N) is 2. The normalized spacial score (nSPS) is 9.11. The predicted molar refractivity (Wildman–Crippen MR) is 66.2 cm³/mol. The second kappa shape index (κ2) is 5.98. The van der Waals surface area contributed by atoms with Crippen LogP contribution < -0.4 is 9.47 Å². The van der Waals surface area contributed by atoms with E-state index in [0.717, 1.165) is 0 Å². The van der Waals surface area contributed by atoms with Gasteiger partial charge in [-0.05, 0) is 15.9 Å². The van der Waals surface area contributed by atoms with E-state index >= 15 is 0 Å². The Balaban J connectivity index is 3.55. The summed E-state index contributed by atoms with van der Waals surface area (Å²) in [6.07, 6.45) is 0. The van der Waals surface area contributed by atoms with Gasteiger partial charge in [-0.2, -0.15) is 10.5 Å². The fourth-order valence-electron chi connectivity index (χ4n) is 1.31. The summed E-state index contributed by atoms with van der Waals surface area (Å²) in [4.78, 5) is 21.9. The van der Waals surface area contributed by atoms with E-state index in [4.69, 9.17) is 20.0 Å². The number of hydrogen-bond acceptors (Lipinski definition) is 6. The molecule has 7 heteroatoms. The highest BCUT2D eigenvalue weighted by atomic mass is 79.9. The molecular formula is C12H7BrN2O4. The first-order chi connectivity index (χ1) is 8.90. The van der Waals surface area contributed by atoms with Crippen LogP contribution in [0.25, 0.3) is 0 Å². The van der Waals surface area contributed by atoms with Crippen LogP contribution in [-0.2, 0) is 9.59 Å². The van der Waals surface area contributed by atoms with E-state index in [1.54, 1.807) is 12.1 Å². The molecule has 0 heterocycles. The average Bonchev–Trinajstić information content (AvgIpc) is 2.30. The highest BCUT2D eigenvalue weighted by molar-refractivity contribution is 9.10. The lowest BCUT2D eigenvalue weighted by atomic mass is 10.1. The van der Waals surface area contributed by atoms with Crippen LogP contribution in [0.2, 0.25) is 0 Å². The van der Waals surface area contributed by atoms with Gasteiger partial charge in [0.05, 0.1) is 4.47 Å². The highest BCUT2D eigenvalue weighted by Crippen LogP contribution is 2.37. The van der Waals surface area contributed by atoms with Gasteiger partial charge >= 0.3 is 11.9 Å². The first-order valence-corrected chi connectivity index (χ1v) is 5.73. The number of hydrogen-bond donors (Lipinski definition) is 0. The van der Waals surface area contributed by atoms with E-state index < -0.39 is 11.9 Å². The molecule has 0 fully saturated rings. The summed E-state index contributed by atoms with van der Waals surface area (Å²) in [6.45, 7) is 2.33. The molecule has 0 spiro atoms. The Kier molecular flexibility index (Phi) is 4.62. The van der Waals surface area contributed by atoms with Crippen molar-refractivity contribution in [3.05, 3.63) is 21.7 Å². The summed E-state index contributed by atoms with van der Waals surface area (Å²) < 4.78 is 9.94. The van der Waals surface area contributed by atoms with Gasteiger partial charge in [0, 0.05) is 19.9 Å². The van der Waals surface area contributed by atoms with Crippen molar-refractivity contribution < 1.29 is 19.1 Å². The summed E-state index contributed by atoms with van der Waals surface area (Å²) in [7, 11) is 0. The van der Waals surface area contributed by atoms with Crippen molar-refractivity contribution in [1.82, 2.24) is 0 Å². The second-order valence-corrected chi connectivity index (χ2v) is 4.20. The SMILES string of the molecule is CC(=O)Oc1cc(Br)c(OC(C)=O)c(C#N)c1C#N. The molecule has 0 radical (unpaired) electrons. The number of ether oxygens (including phenoxy) is 2. The van der Waals surface area contributed by atoms with Crippen LogP contribution in [0.3, 0.4) is 0 Å².